The maximum Gasteiger partial charge on any atom is 0.217 e. The monoisotopic (exact) mass is 390 g/mol. The second-order valence-corrected chi connectivity index (χ2v) is 10.0. The Bertz CT molecular complexity index is 695. The molecule has 3 saturated carbocycles. The van der Waals surface area contributed by atoms with Crippen molar-refractivity contribution in [3.8, 4) is 0 Å². The predicted octanol–water partition coefficient (Wildman–Crippen LogP) is 3.29. The number of ether oxygens (including phenoxy) is 2. The Kier molecular flexibility index (Phi) is 5.08. The molecule has 0 spiro atoms. The molecule has 7 atom stereocenters. The van der Waals surface area contributed by atoms with Crippen molar-refractivity contribution in [2.45, 2.75) is 71.2 Å². The van der Waals surface area contributed by atoms with Gasteiger partial charge in [-0.25, -0.2) is 0 Å². The molecule has 0 amide bonds. The molecule has 5 heteroatoms. The highest BCUT2D eigenvalue weighted by molar-refractivity contribution is 5.91. The zero-order valence-electron chi connectivity index (χ0n) is 17.6. The first-order chi connectivity index (χ1) is 13.3. The van der Waals surface area contributed by atoms with E-state index in [1.54, 1.807) is 0 Å². The van der Waals surface area contributed by atoms with E-state index in [2.05, 4.69) is 13.8 Å². The second-order valence-electron chi connectivity index (χ2n) is 10.0. The third kappa shape index (κ3) is 2.77. The molecule has 0 heterocycles. The van der Waals surface area contributed by atoms with Gasteiger partial charge in [-0.05, 0) is 73.2 Å². The molecule has 4 aliphatic carbocycles. The minimum Gasteiger partial charge on any atom is -0.393 e. The van der Waals surface area contributed by atoms with Crippen molar-refractivity contribution in [3.05, 3.63) is 11.6 Å². The fourth-order valence-corrected chi connectivity index (χ4v) is 7.65. The lowest BCUT2D eigenvalue weighted by Gasteiger charge is -2.59. The van der Waals surface area contributed by atoms with Crippen LogP contribution in [0.1, 0.15) is 58.8 Å². The van der Waals surface area contributed by atoms with Gasteiger partial charge in [0.25, 0.3) is 0 Å². The number of carbonyl (C=O) groups excluding carboxylic acids is 2. The van der Waals surface area contributed by atoms with Crippen molar-refractivity contribution >= 4 is 11.6 Å². The summed E-state index contributed by atoms with van der Waals surface area (Å²) in [6.45, 7) is 4.46. The first-order valence-corrected chi connectivity index (χ1v) is 10.8. The summed E-state index contributed by atoms with van der Waals surface area (Å²) in [4.78, 5) is 25.1. The van der Waals surface area contributed by atoms with Gasteiger partial charge in [-0.3, -0.25) is 9.59 Å². The zero-order chi connectivity index (χ0) is 20.3. The Hall–Kier alpha value is -1.04. The van der Waals surface area contributed by atoms with Gasteiger partial charge in [0.05, 0.1) is 6.10 Å². The second kappa shape index (κ2) is 7.03. The van der Waals surface area contributed by atoms with E-state index in [-0.39, 0.29) is 34.2 Å². The van der Waals surface area contributed by atoms with Gasteiger partial charge in [0.2, 0.25) is 6.29 Å². The number of carbonyl (C=O) groups is 2. The van der Waals surface area contributed by atoms with E-state index in [0.717, 1.165) is 32.1 Å². The Morgan fingerprint density at radius 1 is 1.18 bits per heavy atom. The van der Waals surface area contributed by atoms with Gasteiger partial charge >= 0.3 is 0 Å². The summed E-state index contributed by atoms with van der Waals surface area (Å²) in [7, 11) is 3.01. The quantitative estimate of drug-likeness (QED) is 0.746. The molecule has 0 aromatic heterocycles. The third-order valence-electron chi connectivity index (χ3n) is 8.90. The smallest absolute Gasteiger partial charge is 0.217 e. The standard InChI is InChI=1S/C23H34O5/c1-22-10-9-14(24)11-13(22)5-6-15-16-7-8-17(20(26)21(27-3)28-4)23(16,2)12-18(25)19(15)22/h11,15-19,21,25H,5-10,12H2,1-4H3/t15-,16-,17+,18+,19+,22+,23-/m1/s1. The maximum atomic E-state index is 13.1. The van der Waals surface area contributed by atoms with Crippen LogP contribution < -0.4 is 0 Å². The molecular formula is C23H34O5. The van der Waals surface area contributed by atoms with Crippen molar-refractivity contribution in [2.75, 3.05) is 14.2 Å². The van der Waals surface area contributed by atoms with E-state index < -0.39 is 12.4 Å². The van der Waals surface area contributed by atoms with E-state index in [9.17, 15) is 14.7 Å². The van der Waals surface area contributed by atoms with Gasteiger partial charge in [0.15, 0.2) is 11.6 Å². The topological polar surface area (TPSA) is 72.8 Å². The molecule has 0 bridgehead atoms. The molecule has 28 heavy (non-hydrogen) atoms. The molecule has 4 aliphatic rings. The molecule has 3 fully saturated rings. The minimum atomic E-state index is -0.821. The summed E-state index contributed by atoms with van der Waals surface area (Å²) >= 11 is 0. The van der Waals surface area contributed by atoms with E-state index in [4.69, 9.17) is 9.47 Å². The number of aliphatic hydroxyl groups is 1. The highest BCUT2D eigenvalue weighted by Gasteiger charge is 2.63. The van der Waals surface area contributed by atoms with Crippen LogP contribution in [-0.2, 0) is 19.1 Å². The Morgan fingerprint density at radius 3 is 2.57 bits per heavy atom. The maximum absolute atomic E-state index is 13.1. The van der Waals surface area contributed by atoms with Gasteiger partial charge in [-0.1, -0.05) is 19.4 Å². The first kappa shape index (κ1) is 20.2. The summed E-state index contributed by atoms with van der Waals surface area (Å²) in [5.74, 6) is 1.15. The summed E-state index contributed by atoms with van der Waals surface area (Å²) < 4.78 is 10.5. The van der Waals surface area contributed by atoms with E-state index in [1.165, 1.54) is 19.8 Å². The summed E-state index contributed by atoms with van der Waals surface area (Å²) in [6.07, 6.45) is 6.50. The molecule has 1 N–H and O–H groups in total. The normalized spacial score (nSPS) is 45.3. The lowest BCUT2D eigenvalue weighted by molar-refractivity contribution is -0.172. The van der Waals surface area contributed by atoms with Crippen LogP contribution in [0.5, 0.6) is 0 Å². The highest BCUT2D eigenvalue weighted by Crippen LogP contribution is 2.66. The van der Waals surface area contributed by atoms with Crippen LogP contribution in [0.4, 0.5) is 0 Å². The summed E-state index contributed by atoms with van der Waals surface area (Å²) in [6, 6.07) is 0. The molecule has 4 rings (SSSR count). The number of fused-ring (bicyclic) bond motifs is 5. The van der Waals surface area contributed by atoms with E-state index >= 15 is 0 Å². The number of hydrogen-bond acceptors (Lipinski definition) is 5. The largest absolute Gasteiger partial charge is 0.393 e. The molecule has 0 aromatic rings. The molecule has 0 saturated heterocycles. The van der Waals surface area contributed by atoms with Crippen molar-refractivity contribution in [1.29, 1.82) is 0 Å². The van der Waals surface area contributed by atoms with Crippen LogP contribution in [0, 0.1) is 34.5 Å². The number of aliphatic hydroxyl groups excluding tert-OH is 1. The fourth-order valence-electron chi connectivity index (χ4n) is 7.65. The van der Waals surface area contributed by atoms with E-state index in [0.29, 0.717) is 24.7 Å². The number of hydrogen-bond donors (Lipinski definition) is 1. The van der Waals surface area contributed by atoms with Crippen LogP contribution in [0.25, 0.3) is 0 Å². The highest BCUT2D eigenvalue weighted by atomic mass is 16.7. The van der Waals surface area contributed by atoms with Crippen LogP contribution >= 0.6 is 0 Å². The Labute approximate surface area is 167 Å². The van der Waals surface area contributed by atoms with Crippen molar-refractivity contribution in [2.24, 2.45) is 34.5 Å². The number of methoxy groups -OCH3 is 2. The van der Waals surface area contributed by atoms with Gasteiger partial charge in [0, 0.05) is 26.6 Å². The molecule has 0 aliphatic heterocycles. The summed E-state index contributed by atoms with van der Waals surface area (Å²) in [5.41, 5.74) is 0.952. The lowest BCUT2D eigenvalue weighted by Crippen LogP contribution is -2.57. The Balaban J connectivity index is 1.65. The fraction of sp³-hybridized carbons (Fsp3) is 0.826. The van der Waals surface area contributed by atoms with Crippen molar-refractivity contribution < 1.29 is 24.2 Å². The van der Waals surface area contributed by atoms with E-state index in [1.807, 2.05) is 6.08 Å². The molecule has 0 aromatic carbocycles. The predicted molar refractivity (Wildman–Crippen MR) is 104 cm³/mol. The third-order valence-corrected chi connectivity index (χ3v) is 8.90. The molecule has 0 radical (unpaired) electrons. The summed E-state index contributed by atoms with van der Waals surface area (Å²) in [5, 5.41) is 11.4. The number of rotatable bonds is 4. The molecule has 0 unspecified atom stereocenters. The molecule has 5 nitrogen and oxygen atoms in total. The number of allylic oxidation sites excluding steroid dienone is 1. The van der Waals surface area contributed by atoms with Gasteiger partial charge in [-0.2, -0.15) is 0 Å². The first-order valence-electron chi connectivity index (χ1n) is 10.8. The van der Waals surface area contributed by atoms with Gasteiger partial charge in [0.1, 0.15) is 0 Å². The number of ketones is 2. The van der Waals surface area contributed by atoms with Crippen LogP contribution in [0.15, 0.2) is 11.6 Å². The average Bonchev–Trinajstić information content (AvgIpc) is 2.99. The van der Waals surface area contributed by atoms with Crippen molar-refractivity contribution in [3.63, 3.8) is 0 Å². The zero-order valence-corrected chi connectivity index (χ0v) is 17.6. The SMILES string of the molecule is COC(OC)C(=O)[C@@H]1CC[C@@H]2[C@H]3CCC4=CC(=O)CC[C@]4(C)[C@@H]3[C@@H](O)C[C@]21C. The minimum absolute atomic E-state index is 0.0199. The van der Waals surface area contributed by atoms with Crippen LogP contribution in [-0.4, -0.2) is 43.3 Å². The van der Waals surface area contributed by atoms with Crippen LogP contribution in [0.2, 0.25) is 0 Å². The number of Topliss-reactive ketones (excluding diaryl/α,β-unsaturated/α-hetero) is 1. The van der Waals surface area contributed by atoms with Gasteiger partial charge < -0.3 is 14.6 Å². The molecular weight excluding hydrogens is 356 g/mol. The lowest BCUT2D eigenvalue weighted by atomic mass is 9.46. The van der Waals surface area contributed by atoms with Crippen LogP contribution in [0.3, 0.4) is 0 Å². The molecule has 156 valence electrons. The average molecular weight is 391 g/mol. The Morgan fingerprint density at radius 2 is 1.89 bits per heavy atom. The van der Waals surface area contributed by atoms with Gasteiger partial charge in [-0.15, -0.1) is 0 Å². The van der Waals surface area contributed by atoms with Crippen molar-refractivity contribution in [1.82, 2.24) is 0 Å².